The molecule has 0 saturated carbocycles. The van der Waals surface area contributed by atoms with Crippen molar-refractivity contribution in [3.8, 4) is 11.1 Å². The molecular formula is C14H16FNS. The standard InChI is InChI=1S/C14H16FNS/c1-3-16-9-11-4-5-12(15)8-14(11)13-6-7-17-10(13)2/h4-8,16H,3,9H2,1-2H3. The van der Waals surface area contributed by atoms with Crippen molar-refractivity contribution in [3.05, 3.63) is 45.9 Å². The van der Waals surface area contributed by atoms with E-state index in [4.69, 9.17) is 0 Å². The molecule has 0 radical (unpaired) electrons. The SMILES string of the molecule is CCNCc1ccc(F)cc1-c1ccsc1C. The largest absolute Gasteiger partial charge is 0.313 e. The Balaban J connectivity index is 2.43. The first-order valence-corrected chi connectivity index (χ1v) is 6.64. The second kappa shape index (κ2) is 5.43. The lowest BCUT2D eigenvalue weighted by Crippen LogP contribution is -2.12. The third-order valence-electron chi connectivity index (χ3n) is 2.79. The minimum absolute atomic E-state index is 0.175. The van der Waals surface area contributed by atoms with Gasteiger partial charge in [0, 0.05) is 11.4 Å². The van der Waals surface area contributed by atoms with E-state index >= 15 is 0 Å². The molecule has 0 aliphatic rings. The van der Waals surface area contributed by atoms with Crippen LogP contribution in [-0.4, -0.2) is 6.54 Å². The Morgan fingerprint density at radius 2 is 2.06 bits per heavy atom. The van der Waals surface area contributed by atoms with E-state index in [0.717, 1.165) is 29.8 Å². The molecule has 3 heteroatoms. The molecule has 90 valence electrons. The van der Waals surface area contributed by atoms with E-state index in [0.29, 0.717) is 0 Å². The molecule has 0 atom stereocenters. The summed E-state index contributed by atoms with van der Waals surface area (Å²) in [4.78, 5) is 1.23. The van der Waals surface area contributed by atoms with Crippen LogP contribution in [0.15, 0.2) is 29.6 Å². The molecule has 17 heavy (non-hydrogen) atoms. The zero-order chi connectivity index (χ0) is 12.3. The quantitative estimate of drug-likeness (QED) is 0.864. The molecule has 1 N–H and O–H groups in total. The molecule has 2 aromatic rings. The topological polar surface area (TPSA) is 12.0 Å². The van der Waals surface area contributed by atoms with Gasteiger partial charge in [-0.15, -0.1) is 11.3 Å². The van der Waals surface area contributed by atoms with Crippen molar-refractivity contribution in [3.63, 3.8) is 0 Å². The number of rotatable bonds is 4. The van der Waals surface area contributed by atoms with Crippen molar-refractivity contribution < 1.29 is 4.39 Å². The third kappa shape index (κ3) is 2.73. The Labute approximate surface area is 105 Å². The summed E-state index contributed by atoms with van der Waals surface area (Å²) in [5.74, 6) is -0.175. The number of hydrogen-bond acceptors (Lipinski definition) is 2. The van der Waals surface area contributed by atoms with Crippen molar-refractivity contribution in [1.29, 1.82) is 0 Å². The van der Waals surface area contributed by atoms with Crippen LogP contribution in [0, 0.1) is 12.7 Å². The lowest BCUT2D eigenvalue weighted by Gasteiger charge is -2.10. The van der Waals surface area contributed by atoms with Gasteiger partial charge in [-0.05, 0) is 53.7 Å². The average Bonchev–Trinajstić information content (AvgIpc) is 2.74. The molecule has 1 aromatic heterocycles. The van der Waals surface area contributed by atoms with E-state index in [-0.39, 0.29) is 5.82 Å². The van der Waals surface area contributed by atoms with Crippen molar-refractivity contribution in [2.24, 2.45) is 0 Å². The third-order valence-corrected chi connectivity index (χ3v) is 3.63. The van der Waals surface area contributed by atoms with Crippen LogP contribution >= 0.6 is 11.3 Å². The fourth-order valence-corrected chi connectivity index (χ4v) is 2.59. The van der Waals surface area contributed by atoms with Crippen LogP contribution in [0.2, 0.25) is 0 Å². The van der Waals surface area contributed by atoms with Crippen LogP contribution in [0.1, 0.15) is 17.4 Å². The average molecular weight is 249 g/mol. The molecule has 2 rings (SSSR count). The lowest BCUT2D eigenvalue weighted by molar-refractivity contribution is 0.626. The van der Waals surface area contributed by atoms with Crippen LogP contribution in [-0.2, 0) is 6.54 Å². The Bertz CT molecular complexity index is 505. The highest BCUT2D eigenvalue weighted by Crippen LogP contribution is 2.30. The first kappa shape index (κ1) is 12.3. The van der Waals surface area contributed by atoms with Crippen molar-refractivity contribution >= 4 is 11.3 Å². The Morgan fingerprint density at radius 3 is 2.71 bits per heavy atom. The molecule has 0 amide bonds. The molecular weight excluding hydrogens is 233 g/mol. The second-order valence-electron chi connectivity index (χ2n) is 3.97. The van der Waals surface area contributed by atoms with Gasteiger partial charge < -0.3 is 5.32 Å². The van der Waals surface area contributed by atoms with Crippen LogP contribution < -0.4 is 5.32 Å². The van der Waals surface area contributed by atoms with E-state index in [1.165, 1.54) is 10.9 Å². The molecule has 1 aromatic carbocycles. The maximum Gasteiger partial charge on any atom is 0.123 e. The molecule has 1 nitrogen and oxygen atoms in total. The Hall–Kier alpha value is -1.19. The van der Waals surface area contributed by atoms with Crippen molar-refractivity contribution in [2.75, 3.05) is 6.54 Å². The summed E-state index contributed by atoms with van der Waals surface area (Å²) in [6.45, 7) is 5.84. The van der Waals surface area contributed by atoms with E-state index in [1.807, 2.05) is 11.4 Å². The van der Waals surface area contributed by atoms with Gasteiger partial charge in [0.2, 0.25) is 0 Å². The summed E-state index contributed by atoms with van der Waals surface area (Å²) in [5.41, 5.74) is 3.29. The molecule has 0 unspecified atom stereocenters. The van der Waals surface area contributed by atoms with Crippen LogP contribution in [0.5, 0.6) is 0 Å². The minimum atomic E-state index is -0.175. The summed E-state index contributed by atoms with van der Waals surface area (Å²) >= 11 is 1.69. The van der Waals surface area contributed by atoms with Gasteiger partial charge in [-0.3, -0.25) is 0 Å². The van der Waals surface area contributed by atoms with Gasteiger partial charge >= 0.3 is 0 Å². The normalized spacial score (nSPS) is 10.8. The molecule has 1 heterocycles. The van der Waals surface area contributed by atoms with Gasteiger partial charge in [-0.1, -0.05) is 13.0 Å². The zero-order valence-electron chi connectivity index (χ0n) is 10.1. The number of thiophene rings is 1. The number of benzene rings is 1. The Kier molecular flexibility index (Phi) is 3.92. The summed E-state index contributed by atoms with van der Waals surface area (Å²) in [6.07, 6.45) is 0. The van der Waals surface area contributed by atoms with Crippen LogP contribution in [0.3, 0.4) is 0 Å². The van der Waals surface area contributed by atoms with Crippen molar-refractivity contribution in [1.82, 2.24) is 5.32 Å². The van der Waals surface area contributed by atoms with E-state index in [9.17, 15) is 4.39 Å². The van der Waals surface area contributed by atoms with Gasteiger partial charge in [0.25, 0.3) is 0 Å². The van der Waals surface area contributed by atoms with Crippen LogP contribution in [0.25, 0.3) is 11.1 Å². The predicted octanol–water partition coefficient (Wildman–Crippen LogP) is 3.97. The Morgan fingerprint density at radius 1 is 1.24 bits per heavy atom. The highest BCUT2D eigenvalue weighted by Gasteiger charge is 2.09. The maximum absolute atomic E-state index is 13.4. The fourth-order valence-electron chi connectivity index (χ4n) is 1.88. The first-order valence-electron chi connectivity index (χ1n) is 5.76. The smallest absolute Gasteiger partial charge is 0.123 e. The number of hydrogen-bond donors (Lipinski definition) is 1. The highest BCUT2D eigenvalue weighted by atomic mass is 32.1. The number of halogens is 1. The fraction of sp³-hybridized carbons (Fsp3) is 0.286. The van der Waals surface area contributed by atoms with E-state index in [1.54, 1.807) is 17.4 Å². The molecule has 0 aliphatic heterocycles. The minimum Gasteiger partial charge on any atom is -0.313 e. The molecule has 0 fully saturated rings. The molecule has 0 bridgehead atoms. The maximum atomic E-state index is 13.4. The van der Waals surface area contributed by atoms with E-state index < -0.39 is 0 Å². The molecule has 0 aliphatic carbocycles. The zero-order valence-corrected chi connectivity index (χ0v) is 10.9. The van der Waals surface area contributed by atoms with E-state index in [2.05, 4.69) is 25.2 Å². The summed E-state index contributed by atoms with van der Waals surface area (Å²) in [5, 5.41) is 5.33. The number of aryl methyl sites for hydroxylation is 1. The van der Waals surface area contributed by atoms with Gasteiger partial charge in [0.1, 0.15) is 5.82 Å². The van der Waals surface area contributed by atoms with Gasteiger partial charge in [0.15, 0.2) is 0 Å². The monoisotopic (exact) mass is 249 g/mol. The van der Waals surface area contributed by atoms with Gasteiger partial charge in [0.05, 0.1) is 0 Å². The summed E-state index contributed by atoms with van der Waals surface area (Å²) < 4.78 is 13.4. The first-order chi connectivity index (χ1) is 8.22. The highest BCUT2D eigenvalue weighted by molar-refractivity contribution is 7.10. The van der Waals surface area contributed by atoms with Gasteiger partial charge in [-0.25, -0.2) is 4.39 Å². The van der Waals surface area contributed by atoms with Gasteiger partial charge in [-0.2, -0.15) is 0 Å². The van der Waals surface area contributed by atoms with Crippen molar-refractivity contribution in [2.45, 2.75) is 20.4 Å². The summed E-state index contributed by atoms with van der Waals surface area (Å²) in [7, 11) is 0. The number of nitrogens with one attached hydrogen (secondary N) is 1. The summed E-state index contributed by atoms with van der Waals surface area (Å²) in [6, 6.07) is 7.08. The molecule has 0 saturated heterocycles. The van der Waals surface area contributed by atoms with Crippen LogP contribution in [0.4, 0.5) is 4.39 Å². The lowest BCUT2D eigenvalue weighted by atomic mass is 10.00. The predicted molar refractivity (Wildman–Crippen MR) is 71.8 cm³/mol. The molecule has 0 spiro atoms. The second-order valence-corrected chi connectivity index (χ2v) is 5.09.